The molecule has 1 aliphatic rings. The highest BCUT2D eigenvalue weighted by Crippen LogP contribution is 2.29. The number of ketones is 1. The molecule has 1 heterocycles. The van der Waals surface area contributed by atoms with Gasteiger partial charge in [-0.25, -0.2) is 0 Å². The lowest BCUT2D eigenvalue weighted by molar-refractivity contribution is 0.0910. The maximum atomic E-state index is 13.1. The first-order chi connectivity index (χ1) is 14.6. The van der Waals surface area contributed by atoms with Crippen molar-refractivity contribution in [1.82, 2.24) is 4.90 Å². The van der Waals surface area contributed by atoms with Crippen LogP contribution in [0, 0.1) is 6.92 Å². The van der Waals surface area contributed by atoms with Crippen LogP contribution in [0.5, 0.6) is 0 Å². The number of benzene rings is 3. The van der Waals surface area contributed by atoms with E-state index in [1.54, 1.807) is 0 Å². The Balaban J connectivity index is 1.51. The van der Waals surface area contributed by atoms with Crippen LogP contribution in [0.15, 0.2) is 78.9 Å². The molecule has 0 spiro atoms. The Labute approximate surface area is 183 Å². The first-order valence-corrected chi connectivity index (χ1v) is 10.9. The third-order valence-electron chi connectivity index (χ3n) is 5.88. The van der Waals surface area contributed by atoms with Gasteiger partial charge in [-0.15, -0.1) is 0 Å². The van der Waals surface area contributed by atoms with E-state index in [2.05, 4.69) is 46.2 Å². The van der Waals surface area contributed by atoms with Crippen molar-refractivity contribution in [2.75, 3.05) is 31.1 Å². The molecule has 4 rings (SSSR count). The molecular formula is C26H27ClN2O. The molecule has 1 fully saturated rings. The number of rotatable bonds is 6. The van der Waals surface area contributed by atoms with E-state index in [0.29, 0.717) is 6.42 Å². The van der Waals surface area contributed by atoms with Gasteiger partial charge in [0.25, 0.3) is 0 Å². The van der Waals surface area contributed by atoms with Crippen LogP contribution in [-0.4, -0.2) is 36.9 Å². The summed E-state index contributed by atoms with van der Waals surface area (Å²) >= 11 is 6.12. The smallest absolute Gasteiger partial charge is 0.164 e. The second-order valence-electron chi connectivity index (χ2n) is 7.92. The van der Waals surface area contributed by atoms with Gasteiger partial charge in [-0.1, -0.05) is 71.8 Å². The molecule has 1 atom stereocenters. The van der Waals surface area contributed by atoms with E-state index in [-0.39, 0.29) is 11.8 Å². The predicted octanol–water partition coefficient (Wildman–Crippen LogP) is 5.78. The first-order valence-electron chi connectivity index (χ1n) is 10.5. The number of anilines is 1. The van der Waals surface area contributed by atoms with Crippen LogP contribution < -0.4 is 4.90 Å². The van der Waals surface area contributed by atoms with Crippen molar-refractivity contribution < 1.29 is 4.79 Å². The molecule has 0 aromatic heterocycles. The van der Waals surface area contributed by atoms with Gasteiger partial charge in [0.1, 0.15) is 0 Å². The first kappa shape index (κ1) is 20.6. The van der Waals surface area contributed by atoms with Gasteiger partial charge < -0.3 is 4.90 Å². The fourth-order valence-corrected chi connectivity index (χ4v) is 4.23. The molecule has 0 N–H and O–H groups in total. The summed E-state index contributed by atoms with van der Waals surface area (Å²) in [4.78, 5) is 17.9. The predicted molar refractivity (Wildman–Crippen MR) is 125 cm³/mol. The Morgan fingerprint density at radius 1 is 0.867 bits per heavy atom. The van der Waals surface area contributed by atoms with Crippen molar-refractivity contribution in [1.29, 1.82) is 0 Å². The maximum Gasteiger partial charge on any atom is 0.164 e. The van der Waals surface area contributed by atoms with Gasteiger partial charge in [0.05, 0.1) is 0 Å². The maximum absolute atomic E-state index is 13.1. The largest absolute Gasteiger partial charge is 0.369 e. The van der Waals surface area contributed by atoms with Crippen LogP contribution >= 0.6 is 11.6 Å². The van der Waals surface area contributed by atoms with E-state index in [1.807, 2.05) is 49.4 Å². The number of piperazine rings is 1. The Morgan fingerprint density at radius 2 is 1.50 bits per heavy atom. The number of hydrogen-bond donors (Lipinski definition) is 0. The van der Waals surface area contributed by atoms with E-state index >= 15 is 0 Å². The van der Waals surface area contributed by atoms with Gasteiger partial charge in [-0.2, -0.15) is 0 Å². The van der Waals surface area contributed by atoms with Gasteiger partial charge in [-0.3, -0.25) is 9.69 Å². The number of aryl methyl sites for hydroxylation is 1. The molecule has 30 heavy (non-hydrogen) atoms. The van der Waals surface area contributed by atoms with Gasteiger partial charge >= 0.3 is 0 Å². The number of halogens is 1. The molecule has 3 aromatic rings. The van der Waals surface area contributed by atoms with Crippen LogP contribution in [0.1, 0.15) is 33.9 Å². The Morgan fingerprint density at radius 3 is 2.13 bits per heavy atom. The molecule has 1 saturated heterocycles. The third kappa shape index (κ3) is 4.92. The molecule has 0 amide bonds. The normalized spacial score (nSPS) is 15.7. The lowest BCUT2D eigenvalue weighted by Crippen LogP contribution is -2.48. The summed E-state index contributed by atoms with van der Waals surface area (Å²) in [5.41, 5.74) is 4.35. The molecule has 0 bridgehead atoms. The number of carbonyl (C=O) groups is 1. The van der Waals surface area contributed by atoms with Crippen LogP contribution in [0.3, 0.4) is 0 Å². The minimum Gasteiger partial charge on any atom is -0.369 e. The average Bonchev–Trinajstić information content (AvgIpc) is 2.79. The van der Waals surface area contributed by atoms with Crippen LogP contribution in [0.25, 0.3) is 0 Å². The Hall–Kier alpha value is -2.62. The topological polar surface area (TPSA) is 23.6 Å². The fraction of sp³-hybridized carbons (Fsp3) is 0.269. The highest BCUT2D eigenvalue weighted by molar-refractivity contribution is 6.30. The van der Waals surface area contributed by atoms with Crippen molar-refractivity contribution >= 4 is 23.1 Å². The Bertz CT molecular complexity index is 962. The molecule has 0 radical (unpaired) electrons. The highest BCUT2D eigenvalue weighted by atomic mass is 35.5. The standard InChI is InChI=1S/C26H27ClN2O/c1-20-7-9-22(10-8-20)26(30)19-25(21-11-13-23(27)14-12-21)29-17-15-28(16-18-29)24-5-3-2-4-6-24/h2-14,25H,15-19H2,1H3/t25-/m1/s1. The molecule has 4 heteroatoms. The molecule has 154 valence electrons. The summed E-state index contributed by atoms with van der Waals surface area (Å²) in [5, 5.41) is 0.719. The molecule has 3 nitrogen and oxygen atoms in total. The molecule has 0 aliphatic carbocycles. The van der Waals surface area contributed by atoms with E-state index < -0.39 is 0 Å². The number of hydrogen-bond acceptors (Lipinski definition) is 3. The zero-order valence-corrected chi connectivity index (χ0v) is 18.1. The van der Waals surface area contributed by atoms with Crippen LogP contribution in [-0.2, 0) is 0 Å². The van der Waals surface area contributed by atoms with Gasteiger partial charge in [0.15, 0.2) is 5.78 Å². The average molecular weight is 419 g/mol. The van der Waals surface area contributed by atoms with E-state index in [1.165, 1.54) is 5.69 Å². The SMILES string of the molecule is Cc1ccc(C(=O)C[C@H](c2ccc(Cl)cc2)N2CCN(c3ccccc3)CC2)cc1. The zero-order valence-electron chi connectivity index (χ0n) is 17.3. The summed E-state index contributed by atoms with van der Waals surface area (Å²) in [6.45, 7) is 5.78. The molecule has 0 unspecified atom stereocenters. The molecule has 0 saturated carbocycles. The summed E-state index contributed by atoms with van der Waals surface area (Å²) in [7, 11) is 0. The summed E-state index contributed by atoms with van der Waals surface area (Å²) in [6.07, 6.45) is 0.468. The monoisotopic (exact) mass is 418 g/mol. The van der Waals surface area contributed by atoms with Crippen molar-refractivity contribution in [2.24, 2.45) is 0 Å². The van der Waals surface area contributed by atoms with E-state index in [4.69, 9.17) is 11.6 Å². The lowest BCUT2D eigenvalue weighted by Gasteiger charge is -2.40. The quantitative estimate of drug-likeness (QED) is 0.474. The number of nitrogens with zero attached hydrogens (tertiary/aromatic N) is 2. The molecular weight excluding hydrogens is 392 g/mol. The summed E-state index contributed by atoms with van der Waals surface area (Å²) in [6, 6.07) is 26.4. The Kier molecular flexibility index (Phi) is 6.51. The second-order valence-corrected chi connectivity index (χ2v) is 8.36. The summed E-state index contributed by atoms with van der Waals surface area (Å²) in [5.74, 6) is 0.181. The van der Waals surface area contributed by atoms with Gasteiger partial charge in [-0.05, 0) is 36.8 Å². The van der Waals surface area contributed by atoms with Crippen molar-refractivity contribution in [2.45, 2.75) is 19.4 Å². The number of para-hydroxylation sites is 1. The zero-order chi connectivity index (χ0) is 20.9. The van der Waals surface area contributed by atoms with E-state index in [9.17, 15) is 4.79 Å². The fourth-order valence-electron chi connectivity index (χ4n) is 4.11. The summed E-state index contributed by atoms with van der Waals surface area (Å²) < 4.78 is 0. The van der Waals surface area contributed by atoms with Crippen LogP contribution in [0.4, 0.5) is 5.69 Å². The second kappa shape index (κ2) is 9.46. The number of carbonyl (C=O) groups excluding carboxylic acids is 1. The van der Waals surface area contributed by atoms with Gasteiger partial charge in [0, 0.05) is 54.9 Å². The van der Waals surface area contributed by atoms with Gasteiger partial charge in [0.2, 0.25) is 0 Å². The van der Waals surface area contributed by atoms with Crippen molar-refractivity contribution in [3.63, 3.8) is 0 Å². The lowest BCUT2D eigenvalue weighted by atomic mass is 9.95. The van der Waals surface area contributed by atoms with Crippen LogP contribution in [0.2, 0.25) is 5.02 Å². The minimum atomic E-state index is 0.0500. The van der Waals surface area contributed by atoms with Crippen molar-refractivity contribution in [3.05, 3.63) is 101 Å². The minimum absolute atomic E-state index is 0.0500. The highest BCUT2D eigenvalue weighted by Gasteiger charge is 2.27. The number of Topliss-reactive ketones (excluding diaryl/α,β-unsaturated/α-hetero) is 1. The molecule has 1 aliphatic heterocycles. The third-order valence-corrected chi connectivity index (χ3v) is 6.14. The van der Waals surface area contributed by atoms with E-state index in [0.717, 1.165) is 47.9 Å². The molecule has 3 aromatic carbocycles. The van der Waals surface area contributed by atoms with Crippen molar-refractivity contribution in [3.8, 4) is 0 Å².